The topological polar surface area (TPSA) is 85.3 Å². The number of para-hydroxylation sites is 1. The SMILES string of the molecule is COc1ccccc1C1/C(=C(\O)c2cc(Cl)cc(Cl)c2OC)C(=O)C(=O)N1CC1CCCO1. The van der Waals surface area contributed by atoms with Gasteiger partial charge in [-0.15, -0.1) is 0 Å². The first kappa shape index (κ1) is 23.4. The van der Waals surface area contributed by atoms with E-state index >= 15 is 0 Å². The van der Waals surface area contributed by atoms with Crippen LogP contribution in [0.5, 0.6) is 11.5 Å². The number of Topliss-reactive ketones (excluding diaryl/α,β-unsaturated/α-hetero) is 1. The van der Waals surface area contributed by atoms with Crippen molar-refractivity contribution in [3.05, 3.63) is 63.1 Å². The van der Waals surface area contributed by atoms with E-state index in [0.29, 0.717) is 17.9 Å². The molecular formula is C24H23Cl2NO6. The maximum atomic E-state index is 13.3. The minimum atomic E-state index is -0.896. The first-order valence-corrected chi connectivity index (χ1v) is 11.2. The van der Waals surface area contributed by atoms with Crippen LogP contribution in [0.2, 0.25) is 10.0 Å². The Balaban J connectivity index is 1.93. The number of methoxy groups -OCH3 is 2. The van der Waals surface area contributed by atoms with Crippen LogP contribution in [0, 0.1) is 0 Å². The van der Waals surface area contributed by atoms with E-state index in [4.69, 9.17) is 37.4 Å². The summed E-state index contributed by atoms with van der Waals surface area (Å²) in [6, 6.07) is 9.06. The van der Waals surface area contributed by atoms with Crippen molar-refractivity contribution in [3.63, 3.8) is 0 Å². The Kier molecular flexibility index (Phi) is 6.83. The number of hydrogen-bond acceptors (Lipinski definition) is 6. The summed E-state index contributed by atoms with van der Waals surface area (Å²) in [5.74, 6) is -1.36. The number of hydrogen-bond donors (Lipinski definition) is 1. The number of ether oxygens (including phenoxy) is 3. The van der Waals surface area contributed by atoms with Gasteiger partial charge in [0, 0.05) is 23.7 Å². The molecule has 1 amide bonds. The summed E-state index contributed by atoms with van der Waals surface area (Å²) < 4.78 is 16.6. The van der Waals surface area contributed by atoms with Gasteiger partial charge in [-0.3, -0.25) is 9.59 Å². The summed E-state index contributed by atoms with van der Waals surface area (Å²) in [7, 11) is 2.89. The van der Waals surface area contributed by atoms with Crippen molar-refractivity contribution in [1.82, 2.24) is 4.90 Å². The molecule has 9 heteroatoms. The maximum Gasteiger partial charge on any atom is 0.295 e. The lowest BCUT2D eigenvalue weighted by Gasteiger charge is -2.28. The van der Waals surface area contributed by atoms with Gasteiger partial charge in [0.05, 0.1) is 42.5 Å². The van der Waals surface area contributed by atoms with Crippen LogP contribution in [-0.4, -0.2) is 55.2 Å². The molecule has 4 rings (SSSR count). The molecule has 0 saturated carbocycles. The number of carbonyl (C=O) groups excluding carboxylic acids is 2. The summed E-state index contributed by atoms with van der Waals surface area (Å²) >= 11 is 12.4. The van der Waals surface area contributed by atoms with Crippen molar-refractivity contribution in [3.8, 4) is 11.5 Å². The van der Waals surface area contributed by atoms with Crippen LogP contribution in [0.25, 0.3) is 5.76 Å². The smallest absolute Gasteiger partial charge is 0.295 e. The number of carbonyl (C=O) groups is 2. The summed E-state index contributed by atoms with van der Waals surface area (Å²) in [4.78, 5) is 27.9. The number of aliphatic hydroxyl groups excluding tert-OH is 1. The largest absolute Gasteiger partial charge is 0.507 e. The van der Waals surface area contributed by atoms with E-state index in [9.17, 15) is 14.7 Å². The molecule has 2 heterocycles. The van der Waals surface area contributed by atoms with Gasteiger partial charge in [0.1, 0.15) is 17.3 Å². The molecular weight excluding hydrogens is 469 g/mol. The highest BCUT2D eigenvalue weighted by molar-refractivity contribution is 6.47. The third-order valence-corrected chi connectivity index (χ3v) is 6.36. The van der Waals surface area contributed by atoms with Crippen molar-refractivity contribution < 1.29 is 28.9 Å². The highest BCUT2D eigenvalue weighted by atomic mass is 35.5. The van der Waals surface area contributed by atoms with Crippen molar-refractivity contribution in [2.75, 3.05) is 27.4 Å². The Morgan fingerprint density at radius 3 is 2.61 bits per heavy atom. The number of rotatable bonds is 6. The van der Waals surface area contributed by atoms with E-state index in [1.807, 2.05) is 0 Å². The molecule has 2 atom stereocenters. The number of aliphatic hydroxyl groups is 1. The number of nitrogens with zero attached hydrogens (tertiary/aromatic N) is 1. The molecule has 7 nitrogen and oxygen atoms in total. The second-order valence-electron chi connectivity index (χ2n) is 7.80. The fraction of sp³-hybridized carbons (Fsp3) is 0.333. The van der Waals surface area contributed by atoms with Crippen molar-refractivity contribution in [2.24, 2.45) is 0 Å². The highest BCUT2D eigenvalue weighted by Gasteiger charge is 2.48. The Labute approximate surface area is 201 Å². The third-order valence-electron chi connectivity index (χ3n) is 5.87. The predicted molar refractivity (Wildman–Crippen MR) is 124 cm³/mol. The van der Waals surface area contributed by atoms with E-state index in [0.717, 1.165) is 12.8 Å². The molecule has 174 valence electrons. The quantitative estimate of drug-likeness (QED) is 0.360. The van der Waals surface area contributed by atoms with Crippen molar-refractivity contribution in [2.45, 2.75) is 25.0 Å². The molecule has 2 aromatic carbocycles. The average molecular weight is 492 g/mol. The molecule has 0 aromatic heterocycles. The van der Waals surface area contributed by atoms with Gasteiger partial charge < -0.3 is 24.2 Å². The average Bonchev–Trinajstić information content (AvgIpc) is 3.40. The maximum absolute atomic E-state index is 13.3. The Hall–Kier alpha value is -2.74. The zero-order chi connectivity index (χ0) is 23.7. The number of amides is 1. The molecule has 2 aliphatic heterocycles. The number of benzene rings is 2. The monoisotopic (exact) mass is 491 g/mol. The minimum Gasteiger partial charge on any atom is -0.507 e. The zero-order valence-corrected chi connectivity index (χ0v) is 19.7. The molecule has 2 saturated heterocycles. The first-order valence-electron chi connectivity index (χ1n) is 10.4. The Morgan fingerprint density at radius 1 is 1.18 bits per heavy atom. The van der Waals surface area contributed by atoms with Crippen molar-refractivity contribution >= 4 is 40.7 Å². The number of halogens is 2. The standard InChI is InChI=1S/C24H23Cl2NO6/c1-31-18-8-4-3-7-15(18)20-19(21(28)16-10-13(25)11-17(26)23(16)32-2)22(29)24(30)27(20)12-14-6-5-9-33-14/h3-4,7-8,10-11,14,20,28H,5-6,9,12H2,1-2H3/b21-19+. The van der Waals surface area contributed by atoms with Crippen LogP contribution in [-0.2, 0) is 14.3 Å². The number of ketones is 1. The van der Waals surface area contributed by atoms with E-state index in [1.165, 1.54) is 31.3 Å². The molecule has 2 fully saturated rings. The molecule has 2 unspecified atom stereocenters. The molecule has 0 radical (unpaired) electrons. The first-order chi connectivity index (χ1) is 15.9. The van der Waals surface area contributed by atoms with Crippen LogP contribution >= 0.6 is 23.2 Å². The van der Waals surface area contributed by atoms with E-state index < -0.39 is 23.5 Å². The normalized spacial score (nSPS) is 22.1. The lowest BCUT2D eigenvalue weighted by atomic mass is 9.94. The second kappa shape index (κ2) is 9.63. The van der Waals surface area contributed by atoms with Gasteiger partial charge in [0.2, 0.25) is 0 Å². The highest BCUT2D eigenvalue weighted by Crippen LogP contribution is 2.45. The summed E-state index contributed by atoms with van der Waals surface area (Å²) in [5, 5.41) is 11.8. The molecule has 0 spiro atoms. The molecule has 0 aliphatic carbocycles. The van der Waals surface area contributed by atoms with Crippen molar-refractivity contribution in [1.29, 1.82) is 0 Å². The van der Waals surface area contributed by atoms with Gasteiger partial charge in [-0.25, -0.2) is 0 Å². The number of likely N-dealkylation sites (tertiary alicyclic amines) is 1. The molecule has 0 bridgehead atoms. The van der Waals surface area contributed by atoms with Crippen LogP contribution in [0.4, 0.5) is 0 Å². The van der Waals surface area contributed by atoms with Gasteiger partial charge >= 0.3 is 0 Å². The van der Waals surface area contributed by atoms with Gasteiger partial charge in [-0.2, -0.15) is 0 Å². The third kappa shape index (κ3) is 4.28. The minimum absolute atomic E-state index is 0.0980. The summed E-state index contributed by atoms with van der Waals surface area (Å²) in [5.41, 5.74) is 0.579. The molecule has 1 N–H and O–H groups in total. The second-order valence-corrected chi connectivity index (χ2v) is 8.64. The predicted octanol–water partition coefficient (Wildman–Crippen LogP) is 4.61. The Morgan fingerprint density at radius 2 is 1.94 bits per heavy atom. The van der Waals surface area contributed by atoms with Gasteiger partial charge in [-0.05, 0) is 31.0 Å². The van der Waals surface area contributed by atoms with Crippen LogP contribution in [0.15, 0.2) is 42.0 Å². The Bertz CT molecular complexity index is 1130. The van der Waals surface area contributed by atoms with E-state index in [2.05, 4.69) is 0 Å². The zero-order valence-electron chi connectivity index (χ0n) is 18.1. The van der Waals surface area contributed by atoms with Gasteiger partial charge in [0.15, 0.2) is 0 Å². The van der Waals surface area contributed by atoms with E-state index in [-0.39, 0.29) is 39.6 Å². The fourth-order valence-corrected chi connectivity index (χ4v) is 4.95. The van der Waals surface area contributed by atoms with Gasteiger partial charge in [0.25, 0.3) is 11.7 Å². The summed E-state index contributed by atoms with van der Waals surface area (Å²) in [6.07, 6.45) is 1.46. The van der Waals surface area contributed by atoms with Crippen LogP contribution in [0.1, 0.15) is 30.0 Å². The van der Waals surface area contributed by atoms with Crippen LogP contribution in [0.3, 0.4) is 0 Å². The molecule has 33 heavy (non-hydrogen) atoms. The lowest BCUT2D eigenvalue weighted by Crippen LogP contribution is -2.36. The fourth-order valence-electron chi connectivity index (χ4n) is 4.38. The van der Waals surface area contributed by atoms with Gasteiger partial charge in [-0.1, -0.05) is 41.4 Å². The van der Waals surface area contributed by atoms with Crippen LogP contribution < -0.4 is 9.47 Å². The summed E-state index contributed by atoms with van der Waals surface area (Å²) in [6.45, 7) is 0.809. The van der Waals surface area contributed by atoms with E-state index in [1.54, 1.807) is 24.3 Å². The molecule has 2 aromatic rings. The molecule has 2 aliphatic rings. The lowest BCUT2D eigenvalue weighted by molar-refractivity contribution is -0.140.